The molecule has 74 heavy (non-hydrogen) atoms. The molecule has 0 aliphatic rings. The number of nitrogens with zero attached hydrogens (tertiary/aromatic N) is 1. The summed E-state index contributed by atoms with van der Waals surface area (Å²) in [6.07, 6.45) is 66.6. The first kappa shape index (κ1) is 72.0. The van der Waals surface area contributed by atoms with Gasteiger partial charge in [0, 0.05) is 12.8 Å². The number of carbonyl (C=O) groups is 2. The summed E-state index contributed by atoms with van der Waals surface area (Å²) in [7, 11) is 1.19. The van der Waals surface area contributed by atoms with Gasteiger partial charge < -0.3 is 28.5 Å². The minimum absolute atomic E-state index is 0.0230. The number of ether oxygens (including phenoxy) is 1. The maximum absolute atomic E-state index is 13.5. The number of phosphoric ester groups is 1. The average molecular weight is 1060 g/mol. The van der Waals surface area contributed by atoms with Crippen molar-refractivity contribution in [3.63, 3.8) is 0 Å². The van der Waals surface area contributed by atoms with Crippen LogP contribution in [0.2, 0.25) is 0 Å². The number of likely N-dealkylation sites (N-methyl/N-ethyl adjacent to an activating group) is 1. The molecule has 0 spiro atoms. The monoisotopic (exact) mass is 1060 g/mol. The van der Waals surface area contributed by atoms with Gasteiger partial charge in [-0.25, -0.2) is 0 Å². The van der Waals surface area contributed by atoms with Crippen LogP contribution in [0.5, 0.6) is 0 Å². The van der Waals surface area contributed by atoms with Crippen LogP contribution < -0.4 is 10.2 Å². The highest BCUT2D eigenvalue weighted by atomic mass is 31.2. The van der Waals surface area contributed by atoms with Crippen LogP contribution >= 0.6 is 7.82 Å². The second-order valence-corrected chi connectivity index (χ2v) is 24.0. The third kappa shape index (κ3) is 54.7. The third-order valence-corrected chi connectivity index (χ3v) is 14.9. The van der Waals surface area contributed by atoms with Gasteiger partial charge in [-0.1, -0.05) is 250 Å². The summed E-state index contributed by atoms with van der Waals surface area (Å²) in [6.45, 7) is 6.79. The van der Waals surface area contributed by atoms with E-state index in [2.05, 4.69) is 62.5 Å². The molecule has 0 saturated heterocycles. The Morgan fingerprint density at radius 1 is 0.473 bits per heavy atom. The first-order valence-electron chi connectivity index (χ1n) is 31.4. The van der Waals surface area contributed by atoms with Crippen LogP contribution in [0.25, 0.3) is 0 Å². The Hall–Kier alpha value is -2.03. The van der Waals surface area contributed by atoms with Crippen LogP contribution in [0, 0.1) is 0 Å². The van der Waals surface area contributed by atoms with Gasteiger partial charge in [0.15, 0.2) is 0 Å². The molecule has 10 heteroatoms. The Kier molecular flexibility index (Phi) is 52.8. The van der Waals surface area contributed by atoms with Crippen LogP contribution in [-0.4, -0.2) is 69.4 Å². The van der Waals surface area contributed by atoms with E-state index in [9.17, 15) is 19.0 Å². The molecule has 0 bridgehead atoms. The van der Waals surface area contributed by atoms with E-state index in [1.807, 2.05) is 33.3 Å². The van der Waals surface area contributed by atoms with Gasteiger partial charge in [-0.2, -0.15) is 0 Å². The van der Waals surface area contributed by atoms with Crippen molar-refractivity contribution in [3.05, 3.63) is 48.6 Å². The molecule has 1 amide bonds. The number of nitrogens with one attached hydrogen (secondary N) is 1. The largest absolute Gasteiger partial charge is 0.756 e. The molecule has 0 aliphatic heterocycles. The van der Waals surface area contributed by atoms with Gasteiger partial charge >= 0.3 is 5.97 Å². The van der Waals surface area contributed by atoms with Crippen molar-refractivity contribution in [2.24, 2.45) is 0 Å². The normalized spacial score (nSPS) is 14.0. The molecular weight excluding hydrogens is 940 g/mol. The zero-order valence-electron chi connectivity index (χ0n) is 49.6. The zero-order valence-corrected chi connectivity index (χ0v) is 50.4. The fraction of sp³-hybridized carbons (Fsp3) is 0.844. The van der Waals surface area contributed by atoms with Gasteiger partial charge in [0.1, 0.15) is 19.3 Å². The minimum Gasteiger partial charge on any atom is -0.756 e. The number of esters is 1. The van der Waals surface area contributed by atoms with Gasteiger partial charge in [0.25, 0.3) is 7.82 Å². The summed E-state index contributed by atoms with van der Waals surface area (Å²) < 4.78 is 30.3. The van der Waals surface area contributed by atoms with E-state index in [4.69, 9.17) is 13.8 Å². The van der Waals surface area contributed by atoms with Crippen LogP contribution in [0.4, 0.5) is 0 Å². The number of amides is 1. The highest BCUT2D eigenvalue weighted by Gasteiger charge is 2.27. The van der Waals surface area contributed by atoms with E-state index in [-0.39, 0.29) is 31.5 Å². The number of quaternary nitrogens is 1. The van der Waals surface area contributed by atoms with E-state index >= 15 is 0 Å². The van der Waals surface area contributed by atoms with E-state index < -0.39 is 20.0 Å². The van der Waals surface area contributed by atoms with Crippen molar-refractivity contribution in [1.82, 2.24) is 5.32 Å². The van der Waals surface area contributed by atoms with E-state index in [0.29, 0.717) is 17.4 Å². The number of hydrogen-bond acceptors (Lipinski definition) is 7. The zero-order chi connectivity index (χ0) is 54.3. The Balaban J connectivity index is 5.04. The maximum atomic E-state index is 13.5. The van der Waals surface area contributed by atoms with E-state index in [0.717, 1.165) is 89.9 Å². The second-order valence-electron chi connectivity index (χ2n) is 22.6. The summed E-state index contributed by atoms with van der Waals surface area (Å²) in [5.74, 6) is -0.545. The third-order valence-electron chi connectivity index (χ3n) is 14.0. The Morgan fingerprint density at radius 3 is 1.30 bits per heavy atom. The summed E-state index contributed by atoms with van der Waals surface area (Å²) >= 11 is 0. The number of hydrogen-bond donors (Lipinski definition) is 1. The van der Waals surface area contributed by atoms with Crippen LogP contribution in [0.1, 0.15) is 297 Å². The highest BCUT2D eigenvalue weighted by Crippen LogP contribution is 2.38. The standard InChI is InChI=1S/C64H121N2O7P/c1-7-10-13-16-19-22-25-27-28-29-30-31-32-33-34-35-36-37-38-39-42-45-48-51-54-57-64(68)73-62(55-52-49-46-43-41-26-23-20-17-14-11-8-2)61(60-72-74(69,70)71-59-58-66(4,5)6)65-63(67)56-53-50-47-44-40-24-21-18-15-12-9-3/h18-19,21-22,27-28,52,55,61-62H,7-17,20,23-26,29-51,53-54,56-60H2,1-6H3,(H-,65,67,69,70)/b21-18-,22-19-,28-27-,55-52-. The molecule has 3 atom stereocenters. The number of carbonyl (C=O) groups excluding carboxylic acids is 2. The van der Waals surface area contributed by atoms with Crippen molar-refractivity contribution < 1.29 is 37.3 Å². The fourth-order valence-corrected chi connectivity index (χ4v) is 9.79. The van der Waals surface area contributed by atoms with Gasteiger partial charge in [-0.15, -0.1) is 0 Å². The lowest BCUT2D eigenvalue weighted by Crippen LogP contribution is -2.47. The van der Waals surface area contributed by atoms with E-state index in [1.54, 1.807) is 0 Å². The summed E-state index contributed by atoms with van der Waals surface area (Å²) in [5.41, 5.74) is 0. The lowest BCUT2D eigenvalue weighted by molar-refractivity contribution is -0.870. The predicted octanol–water partition coefficient (Wildman–Crippen LogP) is 18.6. The molecule has 0 radical (unpaired) electrons. The summed E-state index contributed by atoms with van der Waals surface area (Å²) in [6, 6.07) is -0.889. The first-order valence-corrected chi connectivity index (χ1v) is 32.9. The topological polar surface area (TPSA) is 114 Å². The number of rotatable bonds is 57. The van der Waals surface area contributed by atoms with E-state index in [1.165, 1.54) is 173 Å². The molecule has 0 rings (SSSR count). The van der Waals surface area contributed by atoms with Crippen molar-refractivity contribution >= 4 is 19.7 Å². The van der Waals surface area contributed by atoms with Gasteiger partial charge in [0.05, 0.1) is 33.8 Å². The summed E-state index contributed by atoms with van der Waals surface area (Å²) in [4.78, 5) is 39.9. The van der Waals surface area contributed by atoms with Crippen molar-refractivity contribution in [2.75, 3.05) is 40.9 Å². The fourth-order valence-electron chi connectivity index (χ4n) is 9.06. The molecule has 0 heterocycles. The van der Waals surface area contributed by atoms with Crippen LogP contribution in [-0.2, 0) is 27.9 Å². The average Bonchev–Trinajstić information content (AvgIpc) is 3.36. The van der Waals surface area contributed by atoms with Crippen LogP contribution in [0.3, 0.4) is 0 Å². The smallest absolute Gasteiger partial charge is 0.306 e. The van der Waals surface area contributed by atoms with Crippen molar-refractivity contribution in [3.8, 4) is 0 Å². The lowest BCUT2D eigenvalue weighted by atomic mass is 10.0. The Bertz CT molecular complexity index is 1410. The van der Waals surface area contributed by atoms with Gasteiger partial charge in [-0.3, -0.25) is 14.2 Å². The SMILES string of the molecule is CCCC/C=C\CCCCCCCC(=O)NC(COP(=O)([O-])OCC[N+](C)(C)C)C(/C=C\CCCCCCCCCCCC)OC(=O)CCCCCCCCCCCCCCCCC/C=C\C/C=C\CCCCC. The molecule has 0 aromatic carbocycles. The summed E-state index contributed by atoms with van der Waals surface area (Å²) in [5, 5.41) is 3.02. The number of allylic oxidation sites excluding steroid dienone is 7. The molecule has 1 N–H and O–H groups in total. The van der Waals surface area contributed by atoms with Crippen molar-refractivity contribution in [2.45, 2.75) is 309 Å². The van der Waals surface area contributed by atoms with Gasteiger partial charge in [0.2, 0.25) is 5.91 Å². The Labute approximate surface area is 458 Å². The number of unbranched alkanes of at least 4 members (excludes halogenated alkanes) is 35. The molecular formula is C64H121N2O7P. The molecule has 0 fully saturated rings. The second kappa shape index (κ2) is 54.3. The molecule has 0 aliphatic carbocycles. The predicted molar refractivity (Wildman–Crippen MR) is 316 cm³/mol. The lowest BCUT2D eigenvalue weighted by Gasteiger charge is -2.30. The minimum atomic E-state index is -4.69. The molecule has 0 saturated carbocycles. The highest BCUT2D eigenvalue weighted by molar-refractivity contribution is 7.45. The molecule has 0 aromatic heterocycles. The molecule has 3 unspecified atom stereocenters. The maximum Gasteiger partial charge on any atom is 0.306 e. The first-order chi connectivity index (χ1) is 35.9. The Morgan fingerprint density at radius 2 is 0.838 bits per heavy atom. The van der Waals surface area contributed by atoms with Crippen molar-refractivity contribution in [1.29, 1.82) is 0 Å². The molecule has 0 aromatic rings. The van der Waals surface area contributed by atoms with Crippen LogP contribution in [0.15, 0.2) is 48.6 Å². The quantitative estimate of drug-likeness (QED) is 0.0212. The molecule has 9 nitrogen and oxygen atoms in total. The molecule has 434 valence electrons. The van der Waals surface area contributed by atoms with Gasteiger partial charge in [-0.05, 0) is 83.1 Å². The number of phosphoric acid groups is 1.